The molecule has 3 heterocycles. The minimum absolute atomic E-state index is 0.134. The highest BCUT2D eigenvalue weighted by Crippen LogP contribution is 2.35. The van der Waals surface area contributed by atoms with Crippen LogP contribution in [-0.2, 0) is 4.79 Å². The van der Waals surface area contributed by atoms with Gasteiger partial charge in [0, 0.05) is 25.3 Å². The quantitative estimate of drug-likeness (QED) is 0.462. The van der Waals surface area contributed by atoms with Crippen LogP contribution in [0.15, 0.2) is 28.4 Å². The summed E-state index contributed by atoms with van der Waals surface area (Å²) in [6.45, 7) is 0.475. The fourth-order valence-electron chi connectivity index (χ4n) is 2.98. The van der Waals surface area contributed by atoms with Gasteiger partial charge in [0.2, 0.25) is 0 Å². The molecule has 2 unspecified atom stereocenters. The summed E-state index contributed by atoms with van der Waals surface area (Å²) in [5.41, 5.74) is 2.14. The number of ketones is 1. The summed E-state index contributed by atoms with van der Waals surface area (Å²) < 4.78 is 0. The van der Waals surface area contributed by atoms with Gasteiger partial charge in [-0.25, -0.2) is 0 Å². The van der Waals surface area contributed by atoms with E-state index < -0.39 is 0 Å². The van der Waals surface area contributed by atoms with E-state index in [1.54, 1.807) is 11.1 Å². The second kappa shape index (κ2) is 4.07. The van der Waals surface area contributed by atoms with Crippen molar-refractivity contribution < 1.29 is 4.79 Å². The number of nitrogens with zero attached hydrogens (tertiary/aromatic N) is 4. The molecule has 0 aromatic rings. The molecule has 0 radical (unpaired) electrons. The number of dihydropyridines is 1. The van der Waals surface area contributed by atoms with E-state index in [2.05, 4.69) is 17.3 Å². The van der Waals surface area contributed by atoms with Crippen molar-refractivity contribution >= 4 is 12.0 Å². The molecule has 3 rings (SSSR count). The monoisotopic (exact) mass is 242 g/mol. The van der Waals surface area contributed by atoms with Crippen LogP contribution in [-0.4, -0.2) is 47.6 Å². The SMILES string of the molecule is CN1CC(=O)CC2=CN(C#N)C3N=CCC=C3C21. The first-order valence-electron chi connectivity index (χ1n) is 6.03. The van der Waals surface area contributed by atoms with Gasteiger partial charge >= 0.3 is 0 Å². The molecule has 92 valence electrons. The molecule has 0 amide bonds. The lowest BCUT2D eigenvalue weighted by Crippen LogP contribution is -2.51. The minimum atomic E-state index is -0.215. The molecule has 1 saturated heterocycles. The molecule has 5 nitrogen and oxygen atoms in total. The average Bonchev–Trinajstić information content (AvgIpc) is 2.36. The highest BCUT2D eigenvalue weighted by molar-refractivity contribution is 5.85. The number of hydrogen-bond acceptors (Lipinski definition) is 5. The normalized spacial score (nSPS) is 31.1. The summed E-state index contributed by atoms with van der Waals surface area (Å²) in [4.78, 5) is 19.6. The minimum Gasteiger partial charge on any atom is -0.298 e. The van der Waals surface area contributed by atoms with E-state index in [4.69, 9.17) is 0 Å². The molecule has 0 aliphatic carbocycles. The van der Waals surface area contributed by atoms with Gasteiger partial charge < -0.3 is 0 Å². The zero-order valence-corrected chi connectivity index (χ0v) is 10.2. The van der Waals surface area contributed by atoms with E-state index in [-0.39, 0.29) is 18.0 Å². The number of likely N-dealkylation sites (tertiary alicyclic amines) is 1. The Balaban J connectivity index is 2.07. The number of carbonyl (C=O) groups excluding carboxylic acids is 1. The molecule has 0 aromatic carbocycles. The van der Waals surface area contributed by atoms with E-state index in [1.807, 2.05) is 18.2 Å². The Morgan fingerprint density at radius 1 is 1.56 bits per heavy atom. The van der Waals surface area contributed by atoms with Gasteiger partial charge in [-0.05, 0) is 18.2 Å². The molecule has 1 fully saturated rings. The maximum Gasteiger partial charge on any atom is 0.185 e. The lowest BCUT2D eigenvalue weighted by Gasteiger charge is -2.43. The number of Topliss-reactive ketones (excluding diaryl/α,β-unsaturated/α-hetero) is 1. The van der Waals surface area contributed by atoms with E-state index in [0.717, 1.165) is 17.6 Å². The second-order valence-corrected chi connectivity index (χ2v) is 4.89. The molecule has 0 bridgehead atoms. The van der Waals surface area contributed by atoms with Crippen molar-refractivity contribution in [2.45, 2.75) is 25.0 Å². The summed E-state index contributed by atoms with van der Waals surface area (Å²) in [7, 11) is 1.95. The number of likely N-dealkylation sites (N-methyl/N-ethyl adjacent to an activating group) is 1. The fraction of sp³-hybridized carbons (Fsp3) is 0.462. The van der Waals surface area contributed by atoms with Crippen molar-refractivity contribution in [2.75, 3.05) is 13.6 Å². The number of fused-ring (bicyclic) bond motifs is 3. The number of hydrogen-bond donors (Lipinski definition) is 0. The number of piperidine rings is 1. The Hall–Kier alpha value is -1.93. The molecule has 5 heteroatoms. The van der Waals surface area contributed by atoms with E-state index in [9.17, 15) is 10.1 Å². The van der Waals surface area contributed by atoms with Gasteiger partial charge in [-0.3, -0.25) is 19.6 Å². The zero-order valence-electron chi connectivity index (χ0n) is 10.2. The Morgan fingerprint density at radius 2 is 2.39 bits per heavy atom. The maximum atomic E-state index is 11.7. The third-order valence-electron chi connectivity index (χ3n) is 3.62. The van der Waals surface area contributed by atoms with E-state index in [0.29, 0.717) is 13.0 Å². The third kappa shape index (κ3) is 1.57. The summed E-state index contributed by atoms with van der Waals surface area (Å²) in [6, 6.07) is 0.134. The van der Waals surface area contributed by atoms with Crippen molar-refractivity contribution in [1.82, 2.24) is 9.80 Å². The van der Waals surface area contributed by atoms with Crippen molar-refractivity contribution in [1.29, 1.82) is 5.26 Å². The lowest BCUT2D eigenvalue weighted by molar-refractivity contribution is -0.121. The van der Waals surface area contributed by atoms with Gasteiger partial charge in [-0.1, -0.05) is 6.08 Å². The number of rotatable bonds is 0. The van der Waals surface area contributed by atoms with E-state index >= 15 is 0 Å². The standard InChI is InChI=1S/C13H14N4O/c1-16-7-10(18)5-9-6-17(8-14)13-11(12(9)16)3-2-4-15-13/h3-4,6,12-13H,2,5,7H2,1H3. The van der Waals surface area contributed by atoms with Crippen LogP contribution in [0.3, 0.4) is 0 Å². The fourth-order valence-corrected chi connectivity index (χ4v) is 2.98. The van der Waals surface area contributed by atoms with Crippen LogP contribution in [0.4, 0.5) is 0 Å². The predicted molar refractivity (Wildman–Crippen MR) is 66.6 cm³/mol. The largest absolute Gasteiger partial charge is 0.298 e. The molecule has 2 atom stereocenters. The zero-order chi connectivity index (χ0) is 12.7. The Bertz CT molecular complexity index is 526. The van der Waals surface area contributed by atoms with Crippen LogP contribution in [0.1, 0.15) is 12.8 Å². The van der Waals surface area contributed by atoms with Gasteiger partial charge in [0.25, 0.3) is 0 Å². The first kappa shape index (κ1) is 11.2. The first-order chi connectivity index (χ1) is 8.70. The Labute approximate surface area is 106 Å². The van der Waals surface area contributed by atoms with Crippen LogP contribution >= 0.6 is 0 Å². The molecule has 3 aliphatic rings. The predicted octanol–water partition coefficient (Wildman–Crippen LogP) is 0.667. The van der Waals surface area contributed by atoms with Crippen LogP contribution in [0.2, 0.25) is 0 Å². The molecule has 0 spiro atoms. The van der Waals surface area contributed by atoms with Crippen LogP contribution in [0.5, 0.6) is 0 Å². The molecule has 18 heavy (non-hydrogen) atoms. The summed E-state index contributed by atoms with van der Waals surface area (Å²) in [5.74, 6) is 0.205. The highest BCUT2D eigenvalue weighted by atomic mass is 16.1. The second-order valence-electron chi connectivity index (χ2n) is 4.89. The average molecular weight is 242 g/mol. The highest BCUT2D eigenvalue weighted by Gasteiger charge is 2.40. The van der Waals surface area contributed by atoms with Crippen LogP contribution in [0, 0.1) is 11.5 Å². The summed E-state index contributed by atoms with van der Waals surface area (Å²) in [5, 5.41) is 9.18. The summed E-state index contributed by atoms with van der Waals surface area (Å²) in [6.07, 6.45) is 8.94. The van der Waals surface area contributed by atoms with Gasteiger partial charge in [0.15, 0.2) is 18.1 Å². The first-order valence-corrected chi connectivity index (χ1v) is 6.03. The van der Waals surface area contributed by atoms with Crippen molar-refractivity contribution in [3.63, 3.8) is 0 Å². The van der Waals surface area contributed by atoms with Crippen molar-refractivity contribution in [3.05, 3.63) is 23.4 Å². The van der Waals surface area contributed by atoms with Crippen molar-refractivity contribution in [3.8, 4) is 6.19 Å². The lowest BCUT2D eigenvalue weighted by atomic mass is 9.85. The van der Waals surface area contributed by atoms with Gasteiger partial charge in [-0.15, -0.1) is 0 Å². The van der Waals surface area contributed by atoms with E-state index in [1.165, 1.54) is 0 Å². The number of aliphatic imine (C=N–C) groups is 1. The molecule has 0 aromatic heterocycles. The Kier molecular flexibility index (Phi) is 2.53. The van der Waals surface area contributed by atoms with Gasteiger partial charge in [0.1, 0.15) is 0 Å². The molecule has 3 aliphatic heterocycles. The molecular formula is C13H14N4O. The molecular weight excluding hydrogens is 228 g/mol. The van der Waals surface area contributed by atoms with Gasteiger partial charge in [0.05, 0.1) is 12.6 Å². The number of carbonyl (C=O) groups is 1. The summed E-state index contributed by atoms with van der Waals surface area (Å²) >= 11 is 0. The third-order valence-corrected chi connectivity index (χ3v) is 3.62. The smallest absolute Gasteiger partial charge is 0.185 e. The Morgan fingerprint density at radius 3 is 3.17 bits per heavy atom. The maximum absolute atomic E-state index is 11.7. The van der Waals surface area contributed by atoms with Gasteiger partial charge in [-0.2, -0.15) is 5.26 Å². The van der Waals surface area contributed by atoms with Crippen LogP contribution < -0.4 is 0 Å². The molecule has 0 N–H and O–H groups in total. The molecule has 0 saturated carbocycles. The topological polar surface area (TPSA) is 59.7 Å². The van der Waals surface area contributed by atoms with Crippen LogP contribution in [0.25, 0.3) is 0 Å². The van der Waals surface area contributed by atoms with Crippen molar-refractivity contribution in [2.24, 2.45) is 4.99 Å². The number of nitriles is 1. The number of allylic oxidation sites excluding steroid dienone is 1.